The van der Waals surface area contributed by atoms with E-state index in [0.717, 1.165) is 16.5 Å². The molecule has 0 aliphatic rings. The van der Waals surface area contributed by atoms with Gasteiger partial charge in [0.15, 0.2) is 6.10 Å². The molecule has 0 saturated heterocycles. The summed E-state index contributed by atoms with van der Waals surface area (Å²) < 4.78 is 38.1. The molecule has 0 amide bonds. The van der Waals surface area contributed by atoms with Crippen LogP contribution in [0.3, 0.4) is 0 Å². The van der Waals surface area contributed by atoms with E-state index in [2.05, 4.69) is 17.9 Å². The first-order valence-corrected chi connectivity index (χ1v) is 16.0. The number of ether oxygens (including phenoxy) is 1. The van der Waals surface area contributed by atoms with Crippen LogP contribution in [0.5, 0.6) is 0 Å². The van der Waals surface area contributed by atoms with Crippen molar-refractivity contribution in [2.75, 3.05) is 0 Å². The highest BCUT2D eigenvalue weighted by Crippen LogP contribution is 2.34. The minimum absolute atomic E-state index is 0.0563. The molecule has 0 radical (unpaired) electrons. The molecule has 1 aromatic heterocycles. The van der Waals surface area contributed by atoms with Crippen molar-refractivity contribution in [2.24, 2.45) is 0 Å². The van der Waals surface area contributed by atoms with Gasteiger partial charge in [-0.1, -0.05) is 96.0 Å². The van der Waals surface area contributed by atoms with Gasteiger partial charge in [-0.2, -0.15) is 4.72 Å². The Morgan fingerprint density at radius 3 is 2.05 bits per heavy atom. The van der Waals surface area contributed by atoms with Crippen molar-refractivity contribution in [3.05, 3.63) is 160 Å². The van der Waals surface area contributed by atoms with Crippen LogP contribution in [0.4, 0.5) is 0 Å². The maximum absolute atomic E-state index is 14.0. The van der Waals surface area contributed by atoms with Crippen LogP contribution in [0.2, 0.25) is 10.0 Å². The largest absolute Gasteiger partial charge is 0.449 e. The highest BCUT2D eigenvalue weighted by Gasteiger charge is 2.32. The van der Waals surface area contributed by atoms with Crippen LogP contribution in [-0.4, -0.2) is 19.0 Å². The van der Waals surface area contributed by atoms with Crippen molar-refractivity contribution in [2.45, 2.75) is 30.5 Å². The molecular formula is C35H30Cl2N2O4S. The summed E-state index contributed by atoms with van der Waals surface area (Å²) in [4.78, 5) is 14.0. The highest BCUT2D eigenvalue weighted by molar-refractivity contribution is 7.89. The molecule has 0 bridgehead atoms. The molecule has 9 heteroatoms. The quantitative estimate of drug-likeness (QED) is 0.0890. The molecule has 0 unspecified atom stereocenters. The summed E-state index contributed by atoms with van der Waals surface area (Å²) in [5.74, 6) is -0.785. The Morgan fingerprint density at radius 2 is 1.48 bits per heavy atom. The first-order chi connectivity index (χ1) is 21.1. The molecule has 0 saturated carbocycles. The Hall–Kier alpha value is -4.14. The predicted octanol–water partition coefficient (Wildman–Crippen LogP) is 8.35. The molecule has 6 nitrogen and oxygen atoms in total. The van der Waals surface area contributed by atoms with Crippen LogP contribution >= 0.6 is 23.2 Å². The third-order valence-corrected chi connectivity index (χ3v) is 9.18. The van der Waals surface area contributed by atoms with Crippen LogP contribution in [0, 0.1) is 6.92 Å². The number of aromatic nitrogens is 1. The van der Waals surface area contributed by atoms with Crippen molar-refractivity contribution >= 4 is 50.1 Å². The lowest BCUT2D eigenvalue weighted by molar-refractivity contribution is -0.143. The number of hydrogen-bond donors (Lipinski definition) is 1. The highest BCUT2D eigenvalue weighted by atomic mass is 35.5. The molecule has 1 atom stereocenters. The van der Waals surface area contributed by atoms with E-state index in [1.54, 1.807) is 66.7 Å². The number of hydrogen-bond acceptors (Lipinski definition) is 4. The van der Waals surface area contributed by atoms with Crippen molar-refractivity contribution in [3.63, 3.8) is 0 Å². The van der Waals surface area contributed by atoms with E-state index in [-0.39, 0.29) is 10.5 Å². The zero-order valence-corrected chi connectivity index (χ0v) is 26.2. The molecule has 0 aliphatic heterocycles. The van der Waals surface area contributed by atoms with E-state index < -0.39 is 28.1 Å². The van der Waals surface area contributed by atoms with Crippen LogP contribution in [0.25, 0.3) is 10.9 Å². The van der Waals surface area contributed by atoms with Gasteiger partial charge < -0.3 is 9.30 Å². The lowest BCUT2D eigenvalue weighted by Crippen LogP contribution is -2.34. The lowest BCUT2D eigenvalue weighted by atomic mass is 10.0. The first kappa shape index (κ1) is 31.3. The zero-order chi connectivity index (χ0) is 31.4. The number of para-hydroxylation sites is 1. The van der Waals surface area contributed by atoms with Crippen LogP contribution in [-0.2, 0) is 26.1 Å². The number of esters is 1. The molecule has 0 fully saturated rings. The van der Waals surface area contributed by atoms with E-state index in [0.29, 0.717) is 33.4 Å². The third-order valence-electron chi connectivity index (χ3n) is 7.24. The molecule has 44 heavy (non-hydrogen) atoms. The van der Waals surface area contributed by atoms with E-state index in [9.17, 15) is 13.2 Å². The normalized spacial score (nSPS) is 12.3. The summed E-state index contributed by atoms with van der Waals surface area (Å²) >= 11 is 12.3. The molecule has 4 aromatic carbocycles. The number of fused-ring (bicyclic) bond motifs is 1. The number of rotatable bonds is 11. The molecule has 0 spiro atoms. The summed E-state index contributed by atoms with van der Waals surface area (Å²) in [5, 5.41) is 1.92. The Morgan fingerprint density at radius 1 is 0.909 bits per heavy atom. The average molecular weight is 646 g/mol. The lowest BCUT2D eigenvalue weighted by Gasteiger charge is -2.25. The topological polar surface area (TPSA) is 77.4 Å². The Balaban J connectivity index is 1.58. The molecule has 224 valence electrons. The minimum Gasteiger partial charge on any atom is -0.449 e. The number of sulfonamides is 1. The van der Waals surface area contributed by atoms with Crippen LogP contribution in [0.15, 0.2) is 133 Å². The first-order valence-electron chi connectivity index (χ1n) is 13.8. The van der Waals surface area contributed by atoms with Gasteiger partial charge in [0.25, 0.3) is 0 Å². The van der Waals surface area contributed by atoms with Gasteiger partial charge in [0.05, 0.1) is 16.5 Å². The molecule has 1 heterocycles. The van der Waals surface area contributed by atoms with E-state index in [1.807, 2.05) is 41.8 Å². The number of aryl methyl sites for hydroxylation is 1. The average Bonchev–Trinajstić information content (AvgIpc) is 3.38. The number of carbonyl (C=O) groups is 1. The number of benzene rings is 4. The van der Waals surface area contributed by atoms with Crippen LogP contribution in [0.1, 0.15) is 34.5 Å². The molecular weight excluding hydrogens is 615 g/mol. The van der Waals surface area contributed by atoms with Gasteiger partial charge in [0.2, 0.25) is 10.0 Å². The summed E-state index contributed by atoms with van der Waals surface area (Å²) in [6.45, 7) is 10.2. The van der Waals surface area contributed by atoms with E-state index in [1.165, 1.54) is 12.1 Å². The van der Waals surface area contributed by atoms with Gasteiger partial charge in [-0.25, -0.2) is 13.2 Å². The summed E-state index contributed by atoms with van der Waals surface area (Å²) in [6.07, 6.45) is 0.863. The zero-order valence-electron chi connectivity index (χ0n) is 23.9. The van der Waals surface area contributed by atoms with Gasteiger partial charge in [-0.15, -0.1) is 6.58 Å². The van der Waals surface area contributed by atoms with Crippen molar-refractivity contribution < 1.29 is 17.9 Å². The van der Waals surface area contributed by atoms with Gasteiger partial charge in [0, 0.05) is 27.8 Å². The number of carbonyl (C=O) groups excluding carboxylic acids is 1. The number of halogens is 2. The standard InChI is InChI=1S/C35H30Cl2N2O4S/c1-4-21-39-31-8-6-5-7-27(31)22-32(39)33(38-44(41,42)30-19-9-23(2)10-20-30)24(3)35(40)43-34(25-11-15-28(36)16-12-25)26-13-17-29(37)18-14-26/h4-20,22,33-34,38H,1,3,21H2,2H3/t33-/m1/s1. The monoisotopic (exact) mass is 644 g/mol. The number of nitrogens with one attached hydrogen (secondary N) is 1. The second-order valence-corrected chi connectivity index (χ2v) is 12.9. The molecule has 0 aliphatic carbocycles. The van der Waals surface area contributed by atoms with E-state index in [4.69, 9.17) is 27.9 Å². The van der Waals surface area contributed by atoms with Gasteiger partial charge in [-0.05, 0) is 72.0 Å². The third kappa shape index (κ3) is 6.82. The fourth-order valence-corrected chi connectivity index (χ4v) is 6.41. The molecule has 5 aromatic rings. The SMILES string of the molecule is C=CCn1c([C@H](NS(=O)(=O)c2ccc(C)cc2)C(=C)C(=O)OC(c2ccc(Cl)cc2)c2ccc(Cl)cc2)cc2ccccc21. The number of allylic oxidation sites excluding steroid dienone is 1. The van der Waals surface area contributed by atoms with Crippen molar-refractivity contribution in [1.29, 1.82) is 0 Å². The number of nitrogens with zero attached hydrogens (tertiary/aromatic N) is 1. The Kier molecular flexibility index (Phi) is 9.42. The van der Waals surface area contributed by atoms with Crippen LogP contribution < -0.4 is 4.72 Å². The summed E-state index contributed by atoms with van der Waals surface area (Å²) in [7, 11) is -4.10. The van der Waals surface area contributed by atoms with Gasteiger partial charge >= 0.3 is 5.97 Å². The van der Waals surface area contributed by atoms with E-state index >= 15 is 0 Å². The fraction of sp³-hybridized carbons (Fsp3) is 0.114. The van der Waals surface area contributed by atoms with Gasteiger partial charge in [0.1, 0.15) is 0 Å². The second-order valence-electron chi connectivity index (χ2n) is 10.3. The second kappa shape index (κ2) is 13.2. The smallest absolute Gasteiger partial charge is 0.336 e. The predicted molar refractivity (Wildman–Crippen MR) is 176 cm³/mol. The molecule has 5 rings (SSSR count). The minimum atomic E-state index is -4.10. The Labute approximate surface area is 267 Å². The maximum atomic E-state index is 14.0. The van der Waals surface area contributed by atoms with Crippen molar-refractivity contribution in [1.82, 2.24) is 9.29 Å². The molecule has 1 N–H and O–H groups in total. The summed E-state index contributed by atoms with van der Waals surface area (Å²) in [6, 6.07) is 28.6. The van der Waals surface area contributed by atoms with Gasteiger partial charge in [-0.3, -0.25) is 0 Å². The van der Waals surface area contributed by atoms with Crippen molar-refractivity contribution in [3.8, 4) is 0 Å². The summed E-state index contributed by atoms with van der Waals surface area (Å²) in [5.41, 5.74) is 3.50. The maximum Gasteiger partial charge on any atom is 0.336 e. The Bertz CT molecular complexity index is 1890. The fourth-order valence-electron chi connectivity index (χ4n) is 4.96.